The molecule has 0 heterocycles. The number of amides is 1. The van der Waals surface area contributed by atoms with Gasteiger partial charge >= 0.3 is 0 Å². The maximum Gasteiger partial charge on any atom is 0.253 e. The molecule has 6 heteroatoms. The monoisotopic (exact) mass is 303 g/mol. The van der Waals surface area contributed by atoms with Crippen LogP contribution in [0.4, 0.5) is 0 Å². The summed E-state index contributed by atoms with van der Waals surface area (Å²) < 4.78 is 5.15. The minimum Gasteiger partial charge on any atom is -0.492 e. The number of methoxy groups -OCH3 is 1. The molecule has 1 amide bonds. The first kappa shape index (κ1) is 15.9. The molecule has 116 valence electrons. The van der Waals surface area contributed by atoms with Crippen LogP contribution in [0.1, 0.15) is 34.6 Å². The first-order chi connectivity index (χ1) is 10.4. The fourth-order valence-electron chi connectivity index (χ4n) is 2.45. The van der Waals surface area contributed by atoms with Crippen LogP contribution < -0.4 is 5.48 Å². The molecule has 2 rings (SSSR count). The average molecular weight is 303 g/mol. The molecule has 22 heavy (non-hydrogen) atoms. The van der Waals surface area contributed by atoms with Crippen molar-refractivity contribution in [3.8, 4) is 0 Å². The topological polar surface area (TPSA) is 81.7 Å². The van der Waals surface area contributed by atoms with Gasteiger partial charge in [0, 0.05) is 11.1 Å². The van der Waals surface area contributed by atoms with E-state index in [1.54, 1.807) is 24.3 Å². The summed E-state index contributed by atoms with van der Waals surface area (Å²) in [7, 11) is 2.60. The molecule has 0 aliphatic heterocycles. The molecular weight excluding hydrogens is 286 g/mol. The number of allylic oxidation sites excluding steroid dienone is 1. The molecule has 0 aromatic heterocycles. The van der Waals surface area contributed by atoms with Gasteiger partial charge < -0.3 is 4.74 Å². The fraction of sp³-hybridized carbons (Fsp3) is 0.312. The molecule has 0 radical (unpaired) electrons. The number of Topliss-reactive ketones (excluding diaryl/α,β-unsaturated/α-hetero) is 2. The molecule has 1 N–H and O–H groups in total. The van der Waals surface area contributed by atoms with E-state index >= 15 is 0 Å². The summed E-state index contributed by atoms with van der Waals surface area (Å²) in [5.41, 5.74) is 1.47. The second-order valence-electron chi connectivity index (χ2n) is 5.37. The van der Waals surface area contributed by atoms with Crippen LogP contribution in [-0.4, -0.2) is 31.7 Å². The third kappa shape index (κ3) is 2.31. The van der Waals surface area contributed by atoms with Crippen molar-refractivity contribution in [2.45, 2.75) is 13.8 Å². The number of carbonyl (C=O) groups is 3. The summed E-state index contributed by atoms with van der Waals surface area (Å²) in [5.74, 6) is -1.46. The molecule has 1 aromatic carbocycles. The standard InChI is InChI=1S/C16H17NO5/c1-16(2,15(20)17-22-4)11-12(18)9-7-5-6-8-10(9)13(19)14(11)21-3/h5-8H,1-4H3,(H,17,20). The number of fused-ring (bicyclic) bond motifs is 1. The van der Waals surface area contributed by atoms with Gasteiger partial charge in [-0.1, -0.05) is 24.3 Å². The van der Waals surface area contributed by atoms with Crippen LogP contribution >= 0.6 is 0 Å². The largest absolute Gasteiger partial charge is 0.492 e. The minimum atomic E-state index is -1.29. The number of nitrogens with one attached hydrogen (secondary N) is 1. The van der Waals surface area contributed by atoms with Crippen LogP contribution in [0.3, 0.4) is 0 Å². The van der Waals surface area contributed by atoms with E-state index in [0.717, 1.165) is 0 Å². The highest BCUT2D eigenvalue weighted by atomic mass is 16.6. The lowest BCUT2D eigenvalue weighted by Gasteiger charge is -2.30. The van der Waals surface area contributed by atoms with Gasteiger partial charge in [-0.2, -0.15) is 0 Å². The lowest BCUT2D eigenvalue weighted by Crippen LogP contribution is -2.42. The number of carbonyl (C=O) groups excluding carboxylic acids is 3. The zero-order valence-corrected chi connectivity index (χ0v) is 12.9. The number of ether oxygens (including phenoxy) is 1. The van der Waals surface area contributed by atoms with E-state index in [-0.39, 0.29) is 22.5 Å². The van der Waals surface area contributed by atoms with Crippen molar-refractivity contribution in [1.82, 2.24) is 5.48 Å². The van der Waals surface area contributed by atoms with Gasteiger partial charge in [-0.15, -0.1) is 0 Å². The quantitative estimate of drug-likeness (QED) is 0.856. The number of hydrogen-bond acceptors (Lipinski definition) is 5. The zero-order valence-electron chi connectivity index (χ0n) is 12.9. The molecule has 1 aromatic rings. The second kappa shape index (κ2) is 5.73. The Hall–Kier alpha value is -2.47. The first-order valence-corrected chi connectivity index (χ1v) is 6.66. The van der Waals surface area contributed by atoms with E-state index in [1.807, 2.05) is 0 Å². The van der Waals surface area contributed by atoms with E-state index in [2.05, 4.69) is 10.3 Å². The van der Waals surface area contributed by atoms with Gasteiger partial charge in [0.15, 0.2) is 11.5 Å². The maximum absolute atomic E-state index is 12.8. The Labute approximate surface area is 128 Å². The highest BCUT2D eigenvalue weighted by Crippen LogP contribution is 2.37. The SMILES string of the molecule is CONC(=O)C(C)(C)C1=C(OC)C(=O)c2ccccc2C1=O. The third-order valence-electron chi connectivity index (χ3n) is 3.67. The van der Waals surface area contributed by atoms with Gasteiger partial charge in [0.25, 0.3) is 5.91 Å². The second-order valence-corrected chi connectivity index (χ2v) is 5.37. The molecule has 0 atom stereocenters. The van der Waals surface area contributed by atoms with Crippen LogP contribution in [-0.2, 0) is 14.4 Å². The van der Waals surface area contributed by atoms with Crippen molar-refractivity contribution in [3.63, 3.8) is 0 Å². The van der Waals surface area contributed by atoms with Gasteiger partial charge in [0.2, 0.25) is 5.78 Å². The third-order valence-corrected chi connectivity index (χ3v) is 3.67. The van der Waals surface area contributed by atoms with Gasteiger partial charge in [-0.3, -0.25) is 19.2 Å². The molecule has 0 saturated heterocycles. The summed E-state index contributed by atoms with van der Waals surface area (Å²) in [5, 5.41) is 0. The van der Waals surface area contributed by atoms with Crippen LogP contribution in [0.5, 0.6) is 0 Å². The molecule has 1 aliphatic carbocycles. The molecular formula is C16H17NO5. The highest BCUT2D eigenvalue weighted by molar-refractivity contribution is 6.27. The Morgan fingerprint density at radius 3 is 2.09 bits per heavy atom. The van der Waals surface area contributed by atoms with Crippen molar-refractivity contribution >= 4 is 17.5 Å². The lowest BCUT2D eigenvalue weighted by molar-refractivity contribution is -0.138. The average Bonchev–Trinajstić information content (AvgIpc) is 2.50. The zero-order chi connectivity index (χ0) is 16.5. The van der Waals surface area contributed by atoms with Gasteiger partial charge in [-0.25, -0.2) is 5.48 Å². The fourth-order valence-corrected chi connectivity index (χ4v) is 2.45. The maximum atomic E-state index is 12.8. The predicted octanol–water partition coefficient (Wildman–Crippen LogP) is 1.67. The van der Waals surface area contributed by atoms with Crippen LogP contribution in [0.15, 0.2) is 35.6 Å². The first-order valence-electron chi connectivity index (χ1n) is 6.66. The molecule has 1 aliphatic rings. The van der Waals surface area contributed by atoms with Crippen molar-refractivity contribution in [2.24, 2.45) is 5.41 Å². The summed E-state index contributed by atoms with van der Waals surface area (Å²) in [6.45, 7) is 3.07. The van der Waals surface area contributed by atoms with Crippen molar-refractivity contribution < 1.29 is 24.0 Å². The van der Waals surface area contributed by atoms with Gasteiger partial charge in [0.1, 0.15) is 0 Å². The number of rotatable bonds is 4. The normalized spacial score (nSPS) is 14.7. The van der Waals surface area contributed by atoms with Crippen molar-refractivity contribution in [2.75, 3.05) is 14.2 Å². The summed E-state index contributed by atoms with van der Waals surface area (Å²) >= 11 is 0. The van der Waals surface area contributed by atoms with Crippen molar-refractivity contribution in [3.05, 3.63) is 46.7 Å². The molecule has 0 fully saturated rings. The number of ketones is 2. The lowest BCUT2D eigenvalue weighted by atomic mass is 9.74. The van der Waals surface area contributed by atoms with Crippen molar-refractivity contribution in [1.29, 1.82) is 0 Å². The number of hydrogen-bond donors (Lipinski definition) is 1. The Morgan fingerprint density at radius 1 is 1.05 bits per heavy atom. The van der Waals surface area contributed by atoms with Crippen LogP contribution in [0.25, 0.3) is 0 Å². The smallest absolute Gasteiger partial charge is 0.253 e. The molecule has 0 bridgehead atoms. The summed E-state index contributed by atoms with van der Waals surface area (Å²) in [6, 6.07) is 6.46. The van der Waals surface area contributed by atoms with Gasteiger partial charge in [0.05, 0.1) is 25.2 Å². The molecule has 0 unspecified atom stereocenters. The molecule has 0 saturated carbocycles. The van der Waals surface area contributed by atoms with Gasteiger partial charge in [-0.05, 0) is 13.8 Å². The molecule has 0 spiro atoms. The Kier molecular flexibility index (Phi) is 4.14. The van der Waals surface area contributed by atoms with E-state index in [0.29, 0.717) is 0 Å². The van der Waals surface area contributed by atoms with E-state index < -0.39 is 22.9 Å². The Morgan fingerprint density at radius 2 is 1.59 bits per heavy atom. The van der Waals surface area contributed by atoms with E-state index in [4.69, 9.17) is 4.74 Å². The Bertz CT molecular complexity index is 688. The summed E-state index contributed by atoms with van der Waals surface area (Å²) in [4.78, 5) is 42.1. The van der Waals surface area contributed by atoms with Crippen LogP contribution in [0.2, 0.25) is 0 Å². The van der Waals surface area contributed by atoms with Crippen LogP contribution in [0, 0.1) is 5.41 Å². The minimum absolute atomic E-state index is 0.0215. The predicted molar refractivity (Wildman–Crippen MR) is 78.1 cm³/mol. The number of benzene rings is 1. The number of hydroxylamine groups is 1. The van der Waals surface area contributed by atoms with E-state index in [1.165, 1.54) is 28.1 Å². The summed E-state index contributed by atoms with van der Waals surface area (Å²) in [6.07, 6.45) is 0. The highest BCUT2D eigenvalue weighted by Gasteiger charge is 2.44. The van der Waals surface area contributed by atoms with E-state index in [9.17, 15) is 14.4 Å². The molecule has 6 nitrogen and oxygen atoms in total. The Balaban J connectivity index is 2.65.